The molecule has 0 saturated carbocycles. The second-order valence-electron chi connectivity index (χ2n) is 4.93. The number of ether oxygens (including phenoxy) is 2. The number of hydrogen-bond donors (Lipinski definition) is 4. The average Bonchev–Trinajstić information content (AvgIpc) is 2.43. The smallest absolute Gasteiger partial charge is 0.0965 e. The number of rotatable bonds is 16. The van der Waals surface area contributed by atoms with Crippen molar-refractivity contribution in [3.05, 3.63) is 0 Å². The monoisotopic (exact) mass is 290 g/mol. The lowest BCUT2D eigenvalue weighted by molar-refractivity contribution is 0.0476. The van der Waals surface area contributed by atoms with Gasteiger partial charge in [0.15, 0.2) is 0 Å². The highest BCUT2D eigenvalue weighted by molar-refractivity contribution is 4.54. The minimum Gasteiger partial charge on any atom is -0.379 e. The summed E-state index contributed by atoms with van der Waals surface area (Å²) in [7, 11) is 1.96. The summed E-state index contributed by atoms with van der Waals surface area (Å²) in [5.74, 6) is 0. The largest absolute Gasteiger partial charge is 0.379 e. The van der Waals surface area contributed by atoms with Crippen molar-refractivity contribution < 1.29 is 9.47 Å². The molecule has 0 amide bonds. The van der Waals surface area contributed by atoms with Gasteiger partial charge in [-0.15, -0.1) is 0 Å². The van der Waals surface area contributed by atoms with E-state index in [0.717, 1.165) is 58.9 Å². The van der Waals surface area contributed by atoms with Crippen LogP contribution in [-0.4, -0.2) is 72.4 Å². The van der Waals surface area contributed by atoms with Crippen LogP contribution in [0.2, 0.25) is 0 Å². The Balaban J connectivity index is 2.92. The third-order valence-electron chi connectivity index (χ3n) is 2.60. The highest BCUT2D eigenvalue weighted by atomic mass is 16.5. The van der Waals surface area contributed by atoms with Gasteiger partial charge in [-0.2, -0.15) is 0 Å². The molecule has 0 aromatic carbocycles. The Morgan fingerprint density at radius 1 is 0.800 bits per heavy atom. The van der Waals surface area contributed by atoms with Gasteiger partial charge in [0.05, 0.1) is 19.4 Å². The summed E-state index contributed by atoms with van der Waals surface area (Å²) >= 11 is 0. The van der Waals surface area contributed by atoms with Crippen molar-refractivity contribution in [2.24, 2.45) is 0 Å². The maximum absolute atomic E-state index is 5.45. The minimum atomic E-state index is 0.312. The van der Waals surface area contributed by atoms with Crippen molar-refractivity contribution in [1.29, 1.82) is 0 Å². The molecule has 6 nitrogen and oxygen atoms in total. The molecule has 0 bridgehead atoms. The van der Waals surface area contributed by atoms with Crippen LogP contribution in [0.15, 0.2) is 0 Å². The van der Waals surface area contributed by atoms with Gasteiger partial charge in [0.1, 0.15) is 0 Å². The fourth-order valence-corrected chi connectivity index (χ4v) is 1.51. The minimum absolute atomic E-state index is 0.312. The van der Waals surface area contributed by atoms with Gasteiger partial charge in [0.25, 0.3) is 0 Å². The van der Waals surface area contributed by atoms with Crippen LogP contribution < -0.4 is 21.3 Å². The Morgan fingerprint density at radius 2 is 1.40 bits per heavy atom. The maximum atomic E-state index is 5.45. The van der Waals surface area contributed by atoms with Crippen molar-refractivity contribution in [3.8, 4) is 0 Å². The van der Waals surface area contributed by atoms with E-state index in [9.17, 15) is 0 Å². The molecule has 0 unspecified atom stereocenters. The summed E-state index contributed by atoms with van der Waals surface area (Å²) < 4.78 is 10.9. The molecular weight excluding hydrogens is 256 g/mol. The number of nitrogens with one attached hydrogen (secondary N) is 4. The first-order valence-electron chi connectivity index (χ1n) is 7.73. The topological polar surface area (TPSA) is 66.6 Å². The van der Waals surface area contributed by atoms with Gasteiger partial charge in [0.2, 0.25) is 0 Å². The molecule has 0 fully saturated rings. The molecule has 0 radical (unpaired) electrons. The highest BCUT2D eigenvalue weighted by Crippen LogP contribution is 1.90. The van der Waals surface area contributed by atoms with Crippen molar-refractivity contribution in [3.63, 3.8) is 0 Å². The van der Waals surface area contributed by atoms with Crippen molar-refractivity contribution >= 4 is 0 Å². The van der Waals surface area contributed by atoms with E-state index in [-0.39, 0.29) is 0 Å². The summed E-state index contributed by atoms with van der Waals surface area (Å²) in [5, 5.41) is 13.1. The van der Waals surface area contributed by atoms with Gasteiger partial charge >= 0.3 is 0 Å². The number of hydrogen-bond acceptors (Lipinski definition) is 6. The Labute approximate surface area is 124 Å². The van der Waals surface area contributed by atoms with E-state index in [1.54, 1.807) is 0 Å². The van der Waals surface area contributed by atoms with E-state index in [4.69, 9.17) is 9.47 Å². The van der Waals surface area contributed by atoms with Gasteiger partial charge in [-0.05, 0) is 27.3 Å². The molecule has 0 heterocycles. The maximum Gasteiger partial charge on any atom is 0.0965 e. The lowest BCUT2D eigenvalue weighted by atomic mass is 10.4. The fourth-order valence-electron chi connectivity index (χ4n) is 1.51. The van der Waals surface area contributed by atoms with Gasteiger partial charge < -0.3 is 25.4 Å². The molecule has 0 aromatic rings. The van der Waals surface area contributed by atoms with Crippen LogP contribution in [0.3, 0.4) is 0 Å². The highest BCUT2D eigenvalue weighted by Gasteiger charge is 1.93. The first-order valence-corrected chi connectivity index (χ1v) is 7.73. The van der Waals surface area contributed by atoms with Gasteiger partial charge in [-0.1, -0.05) is 0 Å². The van der Waals surface area contributed by atoms with E-state index in [1.165, 1.54) is 0 Å². The molecule has 4 N–H and O–H groups in total. The first kappa shape index (κ1) is 19.8. The quantitative estimate of drug-likeness (QED) is 0.232. The van der Waals surface area contributed by atoms with E-state index in [2.05, 4.69) is 21.3 Å². The summed E-state index contributed by atoms with van der Waals surface area (Å²) in [5.41, 5.74) is 0. The first-order chi connectivity index (χ1) is 9.77. The van der Waals surface area contributed by atoms with Crippen molar-refractivity contribution in [2.75, 3.05) is 66.3 Å². The van der Waals surface area contributed by atoms with Gasteiger partial charge in [-0.25, -0.2) is 0 Å². The lowest BCUT2D eigenvalue weighted by Crippen LogP contribution is -2.35. The van der Waals surface area contributed by atoms with Gasteiger partial charge in [0, 0.05) is 45.9 Å². The fraction of sp³-hybridized carbons (Fsp3) is 1.00. The predicted octanol–water partition coefficient (Wildman–Crippen LogP) is -0.236. The Bertz CT molecular complexity index is 183. The van der Waals surface area contributed by atoms with Crippen LogP contribution in [0, 0.1) is 0 Å². The molecule has 0 atom stereocenters. The molecule has 0 aliphatic rings. The molecule has 122 valence electrons. The summed E-state index contributed by atoms with van der Waals surface area (Å²) in [4.78, 5) is 0. The van der Waals surface area contributed by atoms with E-state index < -0.39 is 0 Å². The van der Waals surface area contributed by atoms with Crippen LogP contribution in [0.25, 0.3) is 0 Å². The molecule has 0 aliphatic carbocycles. The molecular formula is C14H34N4O2. The van der Waals surface area contributed by atoms with Crippen LogP contribution in [0.4, 0.5) is 0 Å². The standard InChI is InChI=1S/C14H34N4O2/c1-14(2)20-12-4-11-19-13-18-10-9-17-8-7-16-6-5-15-3/h14-18H,4-13H2,1-3H3. The van der Waals surface area contributed by atoms with E-state index in [0.29, 0.717) is 12.8 Å². The lowest BCUT2D eigenvalue weighted by Gasteiger charge is -2.09. The Hall–Kier alpha value is -0.240. The van der Waals surface area contributed by atoms with Crippen LogP contribution in [-0.2, 0) is 9.47 Å². The number of likely N-dealkylation sites (N-methyl/N-ethyl adjacent to an activating group) is 1. The zero-order chi connectivity index (χ0) is 14.9. The third kappa shape index (κ3) is 17.8. The summed E-state index contributed by atoms with van der Waals surface area (Å²) in [6, 6.07) is 0. The Kier molecular flexibility index (Phi) is 16.6. The third-order valence-corrected chi connectivity index (χ3v) is 2.60. The molecule has 0 saturated heterocycles. The van der Waals surface area contributed by atoms with Crippen molar-refractivity contribution in [1.82, 2.24) is 21.3 Å². The Morgan fingerprint density at radius 3 is 2.00 bits per heavy atom. The van der Waals surface area contributed by atoms with E-state index in [1.807, 2.05) is 20.9 Å². The molecule has 0 aliphatic heterocycles. The zero-order valence-corrected chi connectivity index (χ0v) is 13.5. The van der Waals surface area contributed by atoms with Gasteiger partial charge in [-0.3, -0.25) is 5.32 Å². The second-order valence-corrected chi connectivity index (χ2v) is 4.93. The van der Waals surface area contributed by atoms with Crippen LogP contribution in [0.1, 0.15) is 20.3 Å². The molecule has 6 heteroatoms. The molecule has 0 aromatic heterocycles. The molecule has 0 rings (SSSR count). The van der Waals surface area contributed by atoms with E-state index >= 15 is 0 Å². The van der Waals surface area contributed by atoms with Crippen LogP contribution in [0.5, 0.6) is 0 Å². The SMILES string of the molecule is CNCCNCCNCCNCOCCCOC(C)C. The average molecular weight is 290 g/mol. The second kappa shape index (κ2) is 16.8. The summed E-state index contributed by atoms with van der Waals surface area (Å²) in [6.45, 7) is 12.2. The van der Waals surface area contributed by atoms with Crippen LogP contribution >= 0.6 is 0 Å². The molecule has 20 heavy (non-hydrogen) atoms. The molecule has 0 spiro atoms. The predicted molar refractivity (Wildman–Crippen MR) is 84.2 cm³/mol. The van der Waals surface area contributed by atoms with Crippen molar-refractivity contribution in [2.45, 2.75) is 26.4 Å². The summed E-state index contributed by atoms with van der Waals surface area (Å²) in [6.07, 6.45) is 1.27. The zero-order valence-electron chi connectivity index (χ0n) is 13.5. The normalized spacial score (nSPS) is 11.4.